The topological polar surface area (TPSA) is 89.3 Å². The molecule has 1 aromatic rings. The molecular formula is C9H13FN2O3S2. The van der Waals surface area contributed by atoms with E-state index in [1.165, 1.54) is 6.26 Å². The van der Waals surface area contributed by atoms with E-state index in [0.29, 0.717) is 0 Å². The van der Waals surface area contributed by atoms with E-state index >= 15 is 0 Å². The molecule has 0 aromatic heterocycles. The molecule has 0 saturated heterocycles. The Labute approximate surface area is 102 Å². The number of sulfonamides is 1. The summed E-state index contributed by atoms with van der Waals surface area (Å²) in [5, 5.41) is 0. The number of anilines is 1. The number of nitrogens with one attached hydrogen (secondary N) is 1. The number of hydrogen-bond donors (Lipinski definition) is 2. The molecule has 0 aliphatic carbocycles. The summed E-state index contributed by atoms with van der Waals surface area (Å²) in [6, 6.07) is 3.15. The summed E-state index contributed by atoms with van der Waals surface area (Å²) in [7, 11) is -4.80. The molecule has 0 aliphatic rings. The van der Waals surface area contributed by atoms with E-state index in [-0.39, 0.29) is 22.9 Å². The summed E-state index contributed by atoms with van der Waals surface area (Å²) in [5.74, 6) is -0.450. The highest BCUT2D eigenvalue weighted by molar-refractivity contribution is 7.89. The molecule has 0 aliphatic heterocycles. The van der Waals surface area contributed by atoms with Crippen molar-refractivity contribution in [1.29, 1.82) is 0 Å². The van der Waals surface area contributed by atoms with Crippen molar-refractivity contribution in [2.24, 2.45) is 0 Å². The highest BCUT2D eigenvalue weighted by atomic mass is 32.2. The van der Waals surface area contributed by atoms with E-state index in [4.69, 9.17) is 5.73 Å². The number of benzene rings is 1. The average Bonchev–Trinajstić information content (AvgIpc) is 2.21. The fourth-order valence-corrected chi connectivity index (χ4v) is 2.68. The van der Waals surface area contributed by atoms with Gasteiger partial charge < -0.3 is 5.73 Å². The van der Waals surface area contributed by atoms with Crippen molar-refractivity contribution >= 4 is 26.5 Å². The molecule has 8 heteroatoms. The standard InChI is InChI=1S/C9H13FN2O3S2/c1-16(13)5-4-12-17(14,15)7-2-3-8(10)9(11)6-7/h2-3,6,12H,4-5,11H2,1H3. The Morgan fingerprint density at radius 3 is 2.65 bits per heavy atom. The summed E-state index contributed by atoms with van der Waals surface area (Å²) in [6.07, 6.45) is 1.48. The van der Waals surface area contributed by atoms with Crippen LogP contribution in [0.5, 0.6) is 0 Å². The Hall–Kier alpha value is -0.990. The predicted octanol–water partition coefficient (Wildman–Crippen LogP) is 0.0647. The fourth-order valence-electron chi connectivity index (χ4n) is 1.09. The zero-order valence-corrected chi connectivity index (χ0v) is 10.8. The lowest BCUT2D eigenvalue weighted by Gasteiger charge is -2.06. The van der Waals surface area contributed by atoms with Crippen LogP contribution in [-0.2, 0) is 20.8 Å². The van der Waals surface area contributed by atoms with Gasteiger partial charge in [0.25, 0.3) is 0 Å². The van der Waals surface area contributed by atoms with Crippen LogP contribution >= 0.6 is 0 Å². The Morgan fingerprint density at radius 2 is 2.12 bits per heavy atom. The highest BCUT2D eigenvalue weighted by Gasteiger charge is 2.14. The van der Waals surface area contributed by atoms with Gasteiger partial charge in [-0.3, -0.25) is 4.21 Å². The lowest BCUT2D eigenvalue weighted by Crippen LogP contribution is -2.27. The summed E-state index contributed by atoms with van der Waals surface area (Å²) in [6.45, 7) is 0.0583. The van der Waals surface area contributed by atoms with Gasteiger partial charge in [-0.25, -0.2) is 17.5 Å². The van der Waals surface area contributed by atoms with Gasteiger partial charge >= 0.3 is 0 Å². The summed E-state index contributed by atoms with van der Waals surface area (Å²) in [4.78, 5) is -0.113. The van der Waals surface area contributed by atoms with Crippen LogP contribution in [-0.4, -0.2) is 31.2 Å². The Balaban J connectivity index is 2.82. The predicted molar refractivity (Wildman–Crippen MR) is 64.9 cm³/mol. The van der Waals surface area contributed by atoms with Crippen molar-refractivity contribution in [1.82, 2.24) is 4.72 Å². The molecular weight excluding hydrogens is 267 g/mol. The highest BCUT2D eigenvalue weighted by Crippen LogP contribution is 2.16. The largest absolute Gasteiger partial charge is 0.396 e. The minimum atomic E-state index is -3.73. The van der Waals surface area contributed by atoms with Gasteiger partial charge in [0.15, 0.2) is 0 Å². The number of nitrogens with two attached hydrogens (primary N) is 1. The van der Waals surface area contributed by atoms with Gasteiger partial charge in [0.2, 0.25) is 10.0 Å². The SMILES string of the molecule is CS(=O)CCNS(=O)(=O)c1ccc(F)c(N)c1. The van der Waals surface area contributed by atoms with E-state index in [0.717, 1.165) is 18.2 Å². The number of nitrogen functional groups attached to an aromatic ring is 1. The molecule has 0 bridgehead atoms. The minimum Gasteiger partial charge on any atom is -0.396 e. The molecule has 0 radical (unpaired) electrons. The second kappa shape index (κ2) is 5.56. The van der Waals surface area contributed by atoms with Gasteiger partial charge in [-0.05, 0) is 18.2 Å². The fraction of sp³-hybridized carbons (Fsp3) is 0.333. The van der Waals surface area contributed by atoms with Crippen LogP contribution in [0.15, 0.2) is 23.1 Å². The second-order valence-electron chi connectivity index (χ2n) is 3.36. The molecule has 96 valence electrons. The molecule has 0 saturated carbocycles. The zero-order chi connectivity index (χ0) is 13.1. The first-order valence-corrected chi connectivity index (χ1v) is 7.88. The summed E-state index contributed by atoms with van der Waals surface area (Å²) < 4.78 is 49.3. The number of hydrogen-bond acceptors (Lipinski definition) is 4. The first-order chi connectivity index (χ1) is 7.83. The van der Waals surface area contributed by atoms with Crippen molar-refractivity contribution in [3.63, 3.8) is 0 Å². The third-order valence-electron chi connectivity index (χ3n) is 1.96. The third kappa shape index (κ3) is 4.06. The van der Waals surface area contributed by atoms with Crippen LogP contribution in [0.3, 0.4) is 0 Å². The Bertz CT molecular complexity index is 531. The van der Waals surface area contributed by atoms with Gasteiger partial charge in [0.1, 0.15) is 5.82 Å². The monoisotopic (exact) mass is 280 g/mol. The molecule has 1 aromatic carbocycles. The maximum atomic E-state index is 12.9. The molecule has 0 heterocycles. The van der Waals surface area contributed by atoms with E-state index in [9.17, 15) is 17.0 Å². The lowest BCUT2D eigenvalue weighted by molar-refractivity contribution is 0.583. The van der Waals surface area contributed by atoms with Crippen molar-refractivity contribution < 1.29 is 17.0 Å². The normalized spacial score (nSPS) is 13.5. The van der Waals surface area contributed by atoms with Gasteiger partial charge in [-0.15, -0.1) is 0 Å². The summed E-state index contributed by atoms with van der Waals surface area (Å²) >= 11 is 0. The van der Waals surface area contributed by atoms with Crippen LogP contribution < -0.4 is 10.5 Å². The molecule has 1 atom stereocenters. The van der Waals surface area contributed by atoms with Crippen molar-refractivity contribution in [3.8, 4) is 0 Å². The van der Waals surface area contributed by atoms with Gasteiger partial charge in [-0.2, -0.15) is 0 Å². The van der Waals surface area contributed by atoms with Crippen molar-refractivity contribution in [2.75, 3.05) is 24.3 Å². The number of halogens is 1. The van der Waals surface area contributed by atoms with E-state index < -0.39 is 26.6 Å². The third-order valence-corrected chi connectivity index (χ3v) is 4.20. The van der Waals surface area contributed by atoms with Crippen molar-refractivity contribution in [3.05, 3.63) is 24.0 Å². The van der Waals surface area contributed by atoms with Gasteiger partial charge in [0, 0.05) is 29.4 Å². The van der Waals surface area contributed by atoms with Crippen LogP contribution in [0.1, 0.15) is 0 Å². The van der Waals surface area contributed by atoms with E-state index in [2.05, 4.69) is 4.72 Å². The van der Waals surface area contributed by atoms with E-state index in [1.807, 2.05) is 0 Å². The number of rotatable bonds is 5. The molecule has 0 spiro atoms. The first kappa shape index (κ1) is 14.1. The Morgan fingerprint density at radius 1 is 1.47 bits per heavy atom. The molecule has 17 heavy (non-hydrogen) atoms. The van der Waals surface area contributed by atoms with Crippen LogP contribution in [0.25, 0.3) is 0 Å². The average molecular weight is 280 g/mol. The lowest BCUT2D eigenvalue weighted by atomic mass is 10.3. The second-order valence-corrected chi connectivity index (χ2v) is 6.68. The van der Waals surface area contributed by atoms with Gasteiger partial charge in [-0.1, -0.05) is 0 Å². The molecule has 0 amide bonds. The molecule has 0 fully saturated rings. The molecule has 3 N–H and O–H groups in total. The quantitative estimate of drug-likeness (QED) is 0.747. The minimum absolute atomic E-state index is 0.0583. The first-order valence-electron chi connectivity index (χ1n) is 4.67. The molecule has 5 nitrogen and oxygen atoms in total. The smallest absolute Gasteiger partial charge is 0.240 e. The maximum Gasteiger partial charge on any atom is 0.240 e. The van der Waals surface area contributed by atoms with Gasteiger partial charge in [0.05, 0.1) is 10.6 Å². The zero-order valence-electron chi connectivity index (χ0n) is 9.14. The Kier molecular flexibility index (Phi) is 4.61. The molecule has 1 rings (SSSR count). The molecule has 1 unspecified atom stereocenters. The van der Waals surface area contributed by atoms with Crippen LogP contribution in [0, 0.1) is 5.82 Å². The maximum absolute atomic E-state index is 12.9. The summed E-state index contributed by atoms with van der Waals surface area (Å²) in [5.41, 5.74) is 5.05. The van der Waals surface area contributed by atoms with Crippen LogP contribution in [0.4, 0.5) is 10.1 Å². The van der Waals surface area contributed by atoms with E-state index in [1.54, 1.807) is 0 Å². The van der Waals surface area contributed by atoms with Crippen molar-refractivity contribution in [2.45, 2.75) is 4.90 Å². The van der Waals surface area contributed by atoms with Crippen LogP contribution in [0.2, 0.25) is 0 Å².